The summed E-state index contributed by atoms with van der Waals surface area (Å²) in [5.41, 5.74) is 6.30. The van der Waals surface area contributed by atoms with Crippen LogP contribution in [0.2, 0.25) is 0 Å². The van der Waals surface area contributed by atoms with Crippen molar-refractivity contribution in [2.75, 3.05) is 0 Å². The van der Waals surface area contributed by atoms with Gasteiger partial charge < -0.3 is 9.88 Å². The van der Waals surface area contributed by atoms with E-state index in [2.05, 4.69) is 46.6 Å². The number of aryl methyl sites for hydroxylation is 3. The van der Waals surface area contributed by atoms with E-state index in [-0.39, 0.29) is 11.9 Å². The standard InChI is InChI=1S/C27H29N5O/c1-19-10-12-22(13-11-19)18-32-21(3)24(20(2)30-32)14-15-25(33)29-26(23-8-6-5-7-9-23)27-28-16-17-31(27)4/h5-17,26H,18H2,1-4H3,(H,29,33)/b15-14+. The summed E-state index contributed by atoms with van der Waals surface area (Å²) in [5.74, 6) is 0.596. The number of aromatic nitrogens is 4. The highest BCUT2D eigenvalue weighted by atomic mass is 16.1. The Morgan fingerprint density at radius 1 is 1.06 bits per heavy atom. The van der Waals surface area contributed by atoms with Crippen LogP contribution in [0.3, 0.4) is 0 Å². The first-order valence-corrected chi connectivity index (χ1v) is 11.0. The zero-order valence-corrected chi connectivity index (χ0v) is 19.5. The molecule has 0 aliphatic carbocycles. The van der Waals surface area contributed by atoms with Crippen molar-refractivity contribution in [1.82, 2.24) is 24.6 Å². The Morgan fingerprint density at radius 3 is 2.45 bits per heavy atom. The van der Waals surface area contributed by atoms with E-state index in [1.54, 1.807) is 12.3 Å². The number of carbonyl (C=O) groups is 1. The fourth-order valence-electron chi connectivity index (χ4n) is 3.92. The maximum atomic E-state index is 12.9. The summed E-state index contributed by atoms with van der Waals surface area (Å²) < 4.78 is 3.91. The number of nitrogens with one attached hydrogen (secondary N) is 1. The number of rotatable bonds is 7. The molecule has 0 radical (unpaired) electrons. The highest BCUT2D eigenvalue weighted by molar-refractivity contribution is 5.92. The minimum Gasteiger partial charge on any atom is -0.339 e. The molecule has 1 amide bonds. The Labute approximate surface area is 194 Å². The number of hydrogen-bond donors (Lipinski definition) is 1. The molecule has 6 nitrogen and oxygen atoms in total. The summed E-state index contributed by atoms with van der Waals surface area (Å²) in [7, 11) is 1.93. The second kappa shape index (κ2) is 9.69. The molecule has 4 aromatic rings. The molecule has 0 spiro atoms. The molecule has 33 heavy (non-hydrogen) atoms. The van der Waals surface area contributed by atoms with Gasteiger partial charge in [-0.25, -0.2) is 4.98 Å². The molecule has 1 unspecified atom stereocenters. The van der Waals surface area contributed by atoms with Crippen LogP contribution in [0.4, 0.5) is 0 Å². The van der Waals surface area contributed by atoms with Crippen LogP contribution in [0.25, 0.3) is 6.08 Å². The highest BCUT2D eigenvalue weighted by Crippen LogP contribution is 2.21. The van der Waals surface area contributed by atoms with Crippen molar-refractivity contribution in [3.05, 3.63) is 113 Å². The van der Waals surface area contributed by atoms with Gasteiger partial charge in [-0.15, -0.1) is 0 Å². The topological polar surface area (TPSA) is 64.7 Å². The Balaban J connectivity index is 1.52. The highest BCUT2D eigenvalue weighted by Gasteiger charge is 2.19. The second-order valence-electron chi connectivity index (χ2n) is 8.31. The zero-order valence-electron chi connectivity index (χ0n) is 19.5. The SMILES string of the molecule is Cc1ccc(Cn2nc(C)c(/C=C/C(=O)NC(c3ccccc3)c3nccn3C)c2C)cc1. The number of carbonyl (C=O) groups excluding carboxylic acids is 1. The Morgan fingerprint density at radius 2 is 1.79 bits per heavy atom. The fraction of sp³-hybridized carbons (Fsp3) is 0.222. The summed E-state index contributed by atoms with van der Waals surface area (Å²) in [6.07, 6.45) is 7.04. The first-order chi connectivity index (χ1) is 15.9. The van der Waals surface area contributed by atoms with Gasteiger partial charge in [-0.05, 0) is 38.0 Å². The van der Waals surface area contributed by atoms with Gasteiger partial charge in [-0.3, -0.25) is 9.48 Å². The molecule has 0 bridgehead atoms. The average molecular weight is 440 g/mol. The molecule has 4 rings (SSSR count). The van der Waals surface area contributed by atoms with Crippen molar-refractivity contribution >= 4 is 12.0 Å². The third kappa shape index (κ3) is 5.12. The van der Waals surface area contributed by atoms with E-state index in [9.17, 15) is 4.79 Å². The molecule has 2 heterocycles. The van der Waals surface area contributed by atoms with Crippen LogP contribution in [0.5, 0.6) is 0 Å². The minimum absolute atomic E-state index is 0.183. The monoisotopic (exact) mass is 439 g/mol. The van der Waals surface area contributed by atoms with Crippen LogP contribution in [0.1, 0.15) is 45.5 Å². The van der Waals surface area contributed by atoms with Gasteiger partial charge in [0.2, 0.25) is 5.91 Å². The third-order valence-electron chi connectivity index (χ3n) is 5.83. The molecule has 2 aromatic heterocycles. The number of benzene rings is 2. The molecule has 168 valence electrons. The van der Waals surface area contributed by atoms with Gasteiger partial charge in [-0.1, -0.05) is 60.2 Å². The van der Waals surface area contributed by atoms with Crippen LogP contribution in [0, 0.1) is 20.8 Å². The maximum Gasteiger partial charge on any atom is 0.244 e. The van der Waals surface area contributed by atoms with Crippen molar-refractivity contribution < 1.29 is 4.79 Å². The summed E-state index contributed by atoms with van der Waals surface area (Å²) in [6, 6.07) is 18.0. The van der Waals surface area contributed by atoms with E-state index in [1.165, 1.54) is 11.1 Å². The van der Waals surface area contributed by atoms with Gasteiger partial charge in [-0.2, -0.15) is 5.10 Å². The largest absolute Gasteiger partial charge is 0.339 e. The van der Waals surface area contributed by atoms with Crippen LogP contribution in [-0.4, -0.2) is 25.2 Å². The summed E-state index contributed by atoms with van der Waals surface area (Å²) in [4.78, 5) is 17.3. The van der Waals surface area contributed by atoms with Crippen molar-refractivity contribution in [1.29, 1.82) is 0 Å². The van der Waals surface area contributed by atoms with Gasteiger partial charge in [0, 0.05) is 36.8 Å². The van der Waals surface area contributed by atoms with E-state index in [4.69, 9.17) is 0 Å². The van der Waals surface area contributed by atoms with E-state index in [1.807, 2.05) is 72.7 Å². The van der Waals surface area contributed by atoms with Gasteiger partial charge in [0.05, 0.1) is 12.2 Å². The Kier molecular flexibility index (Phi) is 6.54. The minimum atomic E-state index is -0.338. The lowest BCUT2D eigenvalue weighted by atomic mass is 10.1. The van der Waals surface area contributed by atoms with Gasteiger partial charge >= 0.3 is 0 Å². The van der Waals surface area contributed by atoms with Crippen molar-refractivity contribution in [3.8, 4) is 0 Å². The van der Waals surface area contributed by atoms with Crippen molar-refractivity contribution in [2.45, 2.75) is 33.4 Å². The quantitative estimate of drug-likeness (QED) is 0.431. The molecular formula is C27H29N5O. The molecule has 0 saturated heterocycles. The van der Waals surface area contributed by atoms with Crippen LogP contribution in [0.15, 0.2) is 73.1 Å². The molecule has 6 heteroatoms. The van der Waals surface area contributed by atoms with Crippen molar-refractivity contribution in [3.63, 3.8) is 0 Å². The molecule has 0 fully saturated rings. The predicted octanol–water partition coefficient (Wildman–Crippen LogP) is 4.51. The number of amides is 1. The number of imidazole rings is 1. The van der Waals surface area contributed by atoms with E-state index < -0.39 is 0 Å². The van der Waals surface area contributed by atoms with Crippen LogP contribution < -0.4 is 5.32 Å². The van der Waals surface area contributed by atoms with Crippen LogP contribution >= 0.6 is 0 Å². The summed E-state index contributed by atoms with van der Waals surface area (Å²) in [5, 5.41) is 7.79. The molecule has 0 saturated carbocycles. The van der Waals surface area contributed by atoms with Crippen LogP contribution in [-0.2, 0) is 18.4 Å². The Bertz CT molecular complexity index is 1270. The lowest BCUT2D eigenvalue weighted by Gasteiger charge is -2.18. The zero-order chi connectivity index (χ0) is 23.4. The first kappa shape index (κ1) is 22.3. The molecule has 2 aromatic carbocycles. The Hall–Kier alpha value is -3.93. The van der Waals surface area contributed by atoms with E-state index >= 15 is 0 Å². The fourth-order valence-corrected chi connectivity index (χ4v) is 3.92. The predicted molar refractivity (Wildman–Crippen MR) is 131 cm³/mol. The lowest BCUT2D eigenvalue weighted by Crippen LogP contribution is -2.29. The summed E-state index contributed by atoms with van der Waals surface area (Å²) >= 11 is 0. The molecule has 0 aliphatic rings. The molecule has 1 N–H and O–H groups in total. The second-order valence-corrected chi connectivity index (χ2v) is 8.31. The lowest BCUT2D eigenvalue weighted by molar-refractivity contribution is -0.117. The summed E-state index contributed by atoms with van der Waals surface area (Å²) in [6.45, 7) is 6.78. The maximum absolute atomic E-state index is 12.9. The molecule has 0 aliphatic heterocycles. The number of hydrogen-bond acceptors (Lipinski definition) is 3. The van der Waals surface area contributed by atoms with Crippen molar-refractivity contribution in [2.24, 2.45) is 7.05 Å². The van der Waals surface area contributed by atoms with E-state index in [0.29, 0.717) is 6.54 Å². The third-order valence-corrected chi connectivity index (χ3v) is 5.83. The normalized spacial score (nSPS) is 12.2. The smallest absolute Gasteiger partial charge is 0.244 e. The number of nitrogens with zero attached hydrogens (tertiary/aromatic N) is 4. The van der Waals surface area contributed by atoms with E-state index in [0.717, 1.165) is 28.3 Å². The van der Waals surface area contributed by atoms with Gasteiger partial charge in [0.1, 0.15) is 11.9 Å². The first-order valence-electron chi connectivity index (χ1n) is 11.0. The molecular weight excluding hydrogens is 410 g/mol. The van der Waals surface area contributed by atoms with Gasteiger partial charge in [0.25, 0.3) is 0 Å². The molecule has 1 atom stereocenters. The van der Waals surface area contributed by atoms with Gasteiger partial charge in [0.15, 0.2) is 0 Å². The average Bonchev–Trinajstić information content (AvgIpc) is 3.35.